The van der Waals surface area contributed by atoms with Gasteiger partial charge in [-0.3, -0.25) is 9.59 Å². The lowest BCUT2D eigenvalue weighted by molar-refractivity contribution is -0.121. The van der Waals surface area contributed by atoms with Crippen LogP contribution in [0.25, 0.3) is 0 Å². The van der Waals surface area contributed by atoms with E-state index in [1.807, 2.05) is 6.07 Å². The predicted molar refractivity (Wildman–Crippen MR) is 72.9 cm³/mol. The summed E-state index contributed by atoms with van der Waals surface area (Å²) in [5, 5.41) is 2.29. The molecular weight excluding hydrogens is 262 g/mol. The normalized spacial score (nSPS) is 15.9. The molecule has 0 N–H and O–H groups in total. The summed E-state index contributed by atoms with van der Waals surface area (Å²) in [4.78, 5) is 33.3. The standard InChI is InChI=1S/C13H9N3O2S/c1-8(17)16-10-5-3-2-4-9(10)11(12(16)18)15-13-14-6-7-19-13/h2-7H,1H3. The van der Waals surface area contributed by atoms with Crippen molar-refractivity contribution in [2.24, 2.45) is 4.99 Å². The minimum atomic E-state index is -0.399. The molecular formula is C13H9N3O2S. The molecule has 2 aromatic rings. The summed E-state index contributed by atoms with van der Waals surface area (Å²) in [7, 11) is 0. The predicted octanol–water partition coefficient (Wildman–Crippen LogP) is 2.16. The van der Waals surface area contributed by atoms with E-state index in [0.717, 1.165) is 4.90 Å². The van der Waals surface area contributed by atoms with E-state index in [1.165, 1.54) is 18.3 Å². The van der Waals surface area contributed by atoms with Crippen molar-refractivity contribution < 1.29 is 9.59 Å². The first-order valence-electron chi connectivity index (χ1n) is 5.61. The van der Waals surface area contributed by atoms with Gasteiger partial charge in [-0.2, -0.15) is 0 Å². The molecule has 0 unspecified atom stereocenters. The van der Waals surface area contributed by atoms with Gasteiger partial charge in [-0.1, -0.05) is 18.2 Å². The number of aliphatic imine (C=N–C) groups is 1. The molecule has 2 amide bonds. The molecule has 0 fully saturated rings. The van der Waals surface area contributed by atoms with Crippen LogP contribution in [0.3, 0.4) is 0 Å². The quantitative estimate of drug-likeness (QED) is 0.798. The summed E-state index contributed by atoms with van der Waals surface area (Å²) in [6, 6.07) is 7.11. The Labute approximate surface area is 113 Å². The van der Waals surface area contributed by atoms with E-state index < -0.39 is 5.91 Å². The van der Waals surface area contributed by atoms with Crippen molar-refractivity contribution in [1.82, 2.24) is 4.98 Å². The molecule has 0 saturated carbocycles. The van der Waals surface area contributed by atoms with Crippen LogP contribution in [0.15, 0.2) is 40.8 Å². The molecule has 1 aliphatic rings. The second-order valence-corrected chi connectivity index (χ2v) is 4.82. The number of rotatable bonds is 1. The molecule has 94 valence electrons. The molecule has 5 nitrogen and oxygen atoms in total. The zero-order chi connectivity index (χ0) is 13.4. The Hall–Kier alpha value is -2.34. The maximum atomic E-state index is 12.3. The summed E-state index contributed by atoms with van der Waals surface area (Å²) in [6.07, 6.45) is 1.62. The zero-order valence-electron chi connectivity index (χ0n) is 10.0. The smallest absolute Gasteiger partial charge is 0.274 e. The van der Waals surface area contributed by atoms with Gasteiger partial charge in [0, 0.05) is 24.1 Å². The molecule has 1 aromatic carbocycles. The van der Waals surface area contributed by atoms with E-state index in [4.69, 9.17) is 0 Å². The Morgan fingerprint density at radius 2 is 2.16 bits per heavy atom. The molecule has 1 aliphatic heterocycles. The highest BCUT2D eigenvalue weighted by molar-refractivity contribution is 7.13. The number of anilines is 1. The van der Waals surface area contributed by atoms with Crippen LogP contribution in [0, 0.1) is 0 Å². The third-order valence-electron chi connectivity index (χ3n) is 2.75. The molecule has 0 spiro atoms. The lowest BCUT2D eigenvalue weighted by Gasteiger charge is -2.10. The first kappa shape index (κ1) is 11.7. The zero-order valence-corrected chi connectivity index (χ0v) is 10.8. The SMILES string of the molecule is CC(=O)N1C(=O)C(=Nc2nccs2)c2ccccc21. The van der Waals surface area contributed by atoms with Gasteiger partial charge in [-0.15, -0.1) is 11.3 Å². The number of nitrogens with zero attached hydrogens (tertiary/aromatic N) is 3. The summed E-state index contributed by atoms with van der Waals surface area (Å²) >= 11 is 1.34. The van der Waals surface area contributed by atoms with Crippen LogP contribution < -0.4 is 4.90 Å². The summed E-state index contributed by atoms with van der Waals surface area (Å²) < 4.78 is 0. The minimum absolute atomic E-state index is 0.265. The third-order valence-corrected chi connectivity index (χ3v) is 3.41. The highest BCUT2D eigenvalue weighted by Crippen LogP contribution is 2.31. The van der Waals surface area contributed by atoms with E-state index >= 15 is 0 Å². The monoisotopic (exact) mass is 271 g/mol. The van der Waals surface area contributed by atoms with E-state index in [1.54, 1.807) is 29.8 Å². The van der Waals surface area contributed by atoms with Crippen LogP contribution >= 0.6 is 11.3 Å². The second kappa shape index (κ2) is 4.40. The van der Waals surface area contributed by atoms with Gasteiger partial charge in [-0.25, -0.2) is 14.9 Å². The van der Waals surface area contributed by atoms with Crippen LogP contribution in [-0.4, -0.2) is 22.5 Å². The van der Waals surface area contributed by atoms with Gasteiger partial charge >= 0.3 is 0 Å². The molecule has 0 aliphatic carbocycles. The Morgan fingerprint density at radius 1 is 1.37 bits per heavy atom. The van der Waals surface area contributed by atoms with Gasteiger partial charge in [0.15, 0.2) is 0 Å². The first-order chi connectivity index (χ1) is 9.18. The van der Waals surface area contributed by atoms with Gasteiger partial charge in [0.2, 0.25) is 11.0 Å². The fourth-order valence-corrected chi connectivity index (χ4v) is 2.50. The molecule has 19 heavy (non-hydrogen) atoms. The van der Waals surface area contributed by atoms with Crippen LogP contribution in [-0.2, 0) is 9.59 Å². The van der Waals surface area contributed by atoms with Crippen LogP contribution in [0.2, 0.25) is 0 Å². The number of fused-ring (bicyclic) bond motifs is 1. The summed E-state index contributed by atoms with van der Waals surface area (Å²) in [6.45, 7) is 1.36. The maximum Gasteiger partial charge on any atom is 0.284 e. The maximum absolute atomic E-state index is 12.3. The molecule has 2 heterocycles. The molecule has 0 saturated heterocycles. The van der Waals surface area contributed by atoms with Gasteiger partial charge in [0.05, 0.1) is 5.69 Å². The molecule has 1 aromatic heterocycles. The lowest BCUT2D eigenvalue weighted by atomic mass is 10.1. The molecule has 0 atom stereocenters. The van der Waals surface area contributed by atoms with Gasteiger partial charge in [0.1, 0.15) is 5.71 Å². The Balaban J connectivity index is 2.17. The number of amides is 2. The third kappa shape index (κ3) is 1.86. The number of carbonyl (C=O) groups excluding carboxylic acids is 2. The topological polar surface area (TPSA) is 62.6 Å². The fourth-order valence-electron chi connectivity index (χ4n) is 1.99. The molecule has 6 heteroatoms. The number of carbonyl (C=O) groups is 2. The van der Waals surface area contributed by atoms with E-state index in [-0.39, 0.29) is 11.6 Å². The summed E-state index contributed by atoms with van der Waals surface area (Å²) in [5.41, 5.74) is 1.51. The average molecular weight is 271 g/mol. The van der Waals surface area contributed by atoms with Crippen LogP contribution in [0.1, 0.15) is 12.5 Å². The van der Waals surface area contributed by atoms with Crippen molar-refractivity contribution in [2.45, 2.75) is 6.92 Å². The Kier molecular flexibility index (Phi) is 2.72. The number of thiazole rings is 1. The first-order valence-corrected chi connectivity index (χ1v) is 6.49. The van der Waals surface area contributed by atoms with E-state index in [0.29, 0.717) is 16.4 Å². The average Bonchev–Trinajstić information content (AvgIpc) is 2.97. The van der Waals surface area contributed by atoms with Crippen molar-refractivity contribution in [3.8, 4) is 0 Å². The number of hydrogen-bond donors (Lipinski definition) is 0. The molecule has 3 rings (SSSR count). The van der Waals surface area contributed by atoms with Gasteiger partial charge in [0.25, 0.3) is 5.91 Å². The highest BCUT2D eigenvalue weighted by Gasteiger charge is 2.36. The fraction of sp³-hybridized carbons (Fsp3) is 0.0769. The number of para-hydroxylation sites is 1. The number of hydrogen-bond acceptors (Lipinski definition) is 5. The number of benzene rings is 1. The Morgan fingerprint density at radius 3 is 2.84 bits per heavy atom. The number of imide groups is 1. The highest BCUT2D eigenvalue weighted by atomic mass is 32.1. The van der Waals surface area contributed by atoms with Crippen LogP contribution in [0.5, 0.6) is 0 Å². The van der Waals surface area contributed by atoms with Gasteiger partial charge < -0.3 is 0 Å². The summed E-state index contributed by atoms with van der Waals surface area (Å²) in [5.74, 6) is -0.717. The van der Waals surface area contributed by atoms with E-state index in [2.05, 4.69) is 9.98 Å². The number of aromatic nitrogens is 1. The lowest BCUT2D eigenvalue weighted by Crippen LogP contribution is -2.34. The van der Waals surface area contributed by atoms with Gasteiger partial charge in [-0.05, 0) is 6.07 Å². The Bertz CT molecular complexity index is 692. The molecule has 0 bridgehead atoms. The van der Waals surface area contributed by atoms with Crippen molar-refractivity contribution >= 4 is 39.7 Å². The van der Waals surface area contributed by atoms with Crippen molar-refractivity contribution in [2.75, 3.05) is 4.90 Å². The van der Waals surface area contributed by atoms with Crippen molar-refractivity contribution in [3.05, 3.63) is 41.4 Å². The van der Waals surface area contributed by atoms with Crippen LogP contribution in [0.4, 0.5) is 10.8 Å². The van der Waals surface area contributed by atoms with Crippen molar-refractivity contribution in [1.29, 1.82) is 0 Å². The van der Waals surface area contributed by atoms with Crippen molar-refractivity contribution in [3.63, 3.8) is 0 Å². The largest absolute Gasteiger partial charge is 0.284 e. The van der Waals surface area contributed by atoms with E-state index in [9.17, 15) is 9.59 Å². The minimum Gasteiger partial charge on any atom is -0.274 e. The second-order valence-electron chi connectivity index (χ2n) is 3.95. The molecule has 0 radical (unpaired) electrons.